The Bertz CT molecular complexity index is 798. The molecule has 0 bridgehead atoms. The summed E-state index contributed by atoms with van der Waals surface area (Å²) in [6, 6.07) is 4.87. The number of ether oxygens (including phenoxy) is 2. The first-order valence-electron chi connectivity index (χ1n) is 9.94. The summed E-state index contributed by atoms with van der Waals surface area (Å²) in [4.78, 5) is 23.6. The highest BCUT2D eigenvalue weighted by atomic mass is 19.1. The van der Waals surface area contributed by atoms with Crippen molar-refractivity contribution in [2.45, 2.75) is 64.2 Å². The average molecular weight is 423 g/mol. The molecule has 0 spiro atoms. The first-order chi connectivity index (χ1) is 14.2. The van der Waals surface area contributed by atoms with Crippen molar-refractivity contribution >= 4 is 11.9 Å². The quantitative estimate of drug-likeness (QED) is 0.479. The van der Waals surface area contributed by atoms with Crippen LogP contribution in [0.2, 0.25) is 0 Å². The zero-order valence-corrected chi connectivity index (χ0v) is 18.0. The molecule has 0 saturated heterocycles. The minimum atomic E-state index is -1.66. The van der Waals surface area contributed by atoms with Gasteiger partial charge in [-0.2, -0.15) is 5.26 Å². The minimum Gasteiger partial charge on any atom is -0.493 e. The molecular weight excluding hydrogens is 393 g/mol. The van der Waals surface area contributed by atoms with Crippen LogP contribution in [0.3, 0.4) is 0 Å². The second-order valence-corrected chi connectivity index (χ2v) is 7.51. The Labute approximate surface area is 176 Å². The fraction of sp³-hybridized carbons (Fsp3) is 0.591. The minimum absolute atomic E-state index is 0.0817. The van der Waals surface area contributed by atoms with E-state index >= 15 is 4.39 Å². The van der Waals surface area contributed by atoms with E-state index < -0.39 is 35.0 Å². The molecular formula is C22H30FNO6. The van der Waals surface area contributed by atoms with Crippen LogP contribution in [0.5, 0.6) is 11.5 Å². The predicted molar refractivity (Wildman–Crippen MR) is 108 cm³/mol. The summed E-state index contributed by atoms with van der Waals surface area (Å²) in [6.07, 6.45) is 0.863. The maximum Gasteiger partial charge on any atom is 0.309 e. The van der Waals surface area contributed by atoms with Crippen LogP contribution in [0, 0.1) is 22.6 Å². The zero-order valence-electron chi connectivity index (χ0n) is 18.0. The van der Waals surface area contributed by atoms with E-state index in [2.05, 4.69) is 6.07 Å². The number of rotatable bonds is 13. The SMILES string of the molecule is CCCC(CCC)(CC(C#N)(CCC(=O)O)c1ccc(OC)c(OC)c1F)C(=O)O. The van der Waals surface area contributed by atoms with Gasteiger partial charge in [-0.05, 0) is 31.7 Å². The molecule has 1 unspecified atom stereocenters. The molecule has 0 aliphatic rings. The summed E-state index contributed by atoms with van der Waals surface area (Å²) in [5, 5.41) is 29.4. The van der Waals surface area contributed by atoms with E-state index in [1.165, 1.54) is 26.4 Å². The van der Waals surface area contributed by atoms with Crippen molar-refractivity contribution < 1.29 is 33.7 Å². The van der Waals surface area contributed by atoms with Crippen LogP contribution >= 0.6 is 0 Å². The summed E-state index contributed by atoms with van der Waals surface area (Å²) in [5.41, 5.74) is -3.02. The van der Waals surface area contributed by atoms with Gasteiger partial charge in [0.05, 0.1) is 31.1 Å². The third-order valence-electron chi connectivity index (χ3n) is 5.53. The summed E-state index contributed by atoms with van der Waals surface area (Å²) < 4.78 is 25.6. The maximum absolute atomic E-state index is 15.4. The molecule has 2 N–H and O–H groups in total. The molecule has 1 aromatic carbocycles. The van der Waals surface area contributed by atoms with Crippen molar-refractivity contribution in [3.05, 3.63) is 23.5 Å². The van der Waals surface area contributed by atoms with Gasteiger partial charge in [-0.25, -0.2) is 4.39 Å². The average Bonchev–Trinajstić information content (AvgIpc) is 2.71. The number of carbonyl (C=O) groups is 2. The zero-order chi connectivity index (χ0) is 22.9. The Balaban J connectivity index is 3.75. The van der Waals surface area contributed by atoms with Gasteiger partial charge in [0.2, 0.25) is 0 Å². The number of hydrogen-bond acceptors (Lipinski definition) is 5. The molecule has 0 amide bonds. The van der Waals surface area contributed by atoms with Gasteiger partial charge >= 0.3 is 11.9 Å². The molecule has 30 heavy (non-hydrogen) atoms. The van der Waals surface area contributed by atoms with Crippen molar-refractivity contribution in [2.75, 3.05) is 14.2 Å². The van der Waals surface area contributed by atoms with Crippen LogP contribution in [-0.4, -0.2) is 36.4 Å². The monoisotopic (exact) mass is 423 g/mol. The van der Waals surface area contributed by atoms with Crippen LogP contribution in [0.4, 0.5) is 4.39 Å². The lowest BCUT2D eigenvalue weighted by Gasteiger charge is -2.38. The topological polar surface area (TPSA) is 117 Å². The number of nitriles is 1. The molecule has 1 atom stereocenters. The van der Waals surface area contributed by atoms with Crippen molar-refractivity contribution in [3.63, 3.8) is 0 Å². The number of carboxylic acid groups (broad SMARTS) is 2. The molecule has 1 aromatic rings. The smallest absolute Gasteiger partial charge is 0.309 e. The van der Waals surface area contributed by atoms with Gasteiger partial charge in [-0.15, -0.1) is 0 Å². The van der Waals surface area contributed by atoms with Gasteiger partial charge in [-0.3, -0.25) is 9.59 Å². The summed E-state index contributed by atoms with van der Waals surface area (Å²) in [7, 11) is 2.60. The number of benzene rings is 1. The van der Waals surface area contributed by atoms with E-state index in [9.17, 15) is 25.1 Å². The summed E-state index contributed by atoms with van der Waals surface area (Å²) in [5.74, 6) is -3.16. The summed E-state index contributed by atoms with van der Waals surface area (Å²) >= 11 is 0. The molecule has 0 radical (unpaired) electrons. The third-order valence-corrected chi connectivity index (χ3v) is 5.53. The molecule has 7 nitrogen and oxygen atoms in total. The van der Waals surface area contributed by atoms with Crippen LogP contribution in [0.25, 0.3) is 0 Å². The lowest BCUT2D eigenvalue weighted by atomic mass is 9.63. The van der Waals surface area contributed by atoms with E-state index in [1.54, 1.807) is 0 Å². The van der Waals surface area contributed by atoms with Gasteiger partial charge in [0.25, 0.3) is 0 Å². The van der Waals surface area contributed by atoms with E-state index in [0.29, 0.717) is 25.7 Å². The molecule has 0 saturated carbocycles. The molecule has 8 heteroatoms. The van der Waals surface area contributed by atoms with E-state index in [1.807, 2.05) is 13.8 Å². The Morgan fingerprint density at radius 1 is 1.10 bits per heavy atom. The van der Waals surface area contributed by atoms with E-state index in [4.69, 9.17) is 9.47 Å². The van der Waals surface area contributed by atoms with Gasteiger partial charge < -0.3 is 19.7 Å². The number of methoxy groups -OCH3 is 2. The standard InChI is InChI=1S/C22H30FNO6/c1-5-10-21(11-6-2,20(27)28)13-22(14-24,12-9-17(25)26)15-7-8-16(29-3)19(30-4)18(15)23/h7-8H,5-6,9-13H2,1-4H3,(H,25,26)(H,27,28). The number of aliphatic carboxylic acids is 2. The fourth-order valence-electron chi connectivity index (χ4n) is 4.18. The van der Waals surface area contributed by atoms with Crippen molar-refractivity contribution in [1.29, 1.82) is 5.26 Å². The highest BCUT2D eigenvalue weighted by molar-refractivity contribution is 5.75. The Hall–Kier alpha value is -2.82. The molecule has 0 heterocycles. The number of nitrogens with zero attached hydrogens (tertiary/aromatic N) is 1. The Morgan fingerprint density at radius 3 is 2.10 bits per heavy atom. The molecule has 0 aliphatic carbocycles. The van der Waals surface area contributed by atoms with Crippen molar-refractivity contribution in [2.24, 2.45) is 5.41 Å². The number of halogens is 1. The lowest BCUT2D eigenvalue weighted by Crippen LogP contribution is -2.40. The second kappa shape index (κ2) is 10.8. The van der Waals surface area contributed by atoms with Gasteiger partial charge in [-0.1, -0.05) is 32.8 Å². The Kier molecular flexibility index (Phi) is 9.09. The van der Waals surface area contributed by atoms with Gasteiger partial charge in [0.15, 0.2) is 17.3 Å². The van der Waals surface area contributed by atoms with Crippen LogP contribution in [0.1, 0.15) is 64.4 Å². The second-order valence-electron chi connectivity index (χ2n) is 7.51. The molecule has 0 aromatic heterocycles. The Morgan fingerprint density at radius 2 is 1.70 bits per heavy atom. The van der Waals surface area contributed by atoms with Crippen LogP contribution < -0.4 is 9.47 Å². The van der Waals surface area contributed by atoms with E-state index in [-0.39, 0.29) is 29.9 Å². The highest BCUT2D eigenvalue weighted by Crippen LogP contribution is 2.48. The van der Waals surface area contributed by atoms with Crippen molar-refractivity contribution in [3.8, 4) is 17.6 Å². The third kappa shape index (κ3) is 5.21. The van der Waals surface area contributed by atoms with Gasteiger partial charge in [0.1, 0.15) is 0 Å². The van der Waals surface area contributed by atoms with Gasteiger partial charge in [0, 0.05) is 12.0 Å². The summed E-state index contributed by atoms with van der Waals surface area (Å²) in [6.45, 7) is 3.69. The predicted octanol–water partition coefficient (Wildman–Crippen LogP) is 4.53. The molecule has 166 valence electrons. The largest absolute Gasteiger partial charge is 0.493 e. The normalized spacial score (nSPS) is 13.2. The maximum atomic E-state index is 15.4. The first-order valence-corrected chi connectivity index (χ1v) is 9.94. The van der Waals surface area contributed by atoms with E-state index in [0.717, 1.165) is 0 Å². The number of carboxylic acids is 2. The van der Waals surface area contributed by atoms with Crippen LogP contribution in [0.15, 0.2) is 12.1 Å². The van der Waals surface area contributed by atoms with Crippen molar-refractivity contribution in [1.82, 2.24) is 0 Å². The molecule has 0 aliphatic heterocycles. The first kappa shape index (κ1) is 25.2. The van der Waals surface area contributed by atoms with Crippen LogP contribution in [-0.2, 0) is 15.0 Å². The molecule has 1 rings (SSSR count). The highest BCUT2D eigenvalue weighted by Gasteiger charge is 2.48. The lowest BCUT2D eigenvalue weighted by molar-refractivity contribution is -0.151. The molecule has 0 fully saturated rings. The number of hydrogen-bond donors (Lipinski definition) is 2. The fourth-order valence-corrected chi connectivity index (χ4v) is 4.18.